The zero-order valence-electron chi connectivity index (χ0n) is 10.6. The van der Waals surface area contributed by atoms with E-state index in [2.05, 4.69) is 26.3 Å². The highest BCUT2D eigenvalue weighted by molar-refractivity contribution is 9.10. The summed E-state index contributed by atoms with van der Waals surface area (Å²) in [6.45, 7) is 0. The van der Waals surface area contributed by atoms with E-state index in [-0.39, 0.29) is 11.3 Å². The first-order valence-corrected chi connectivity index (χ1v) is 6.97. The lowest BCUT2D eigenvalue weighted by molar-refractivity contribution is -0.118. The van der Waals surface area contributed by atoms with Gasteiger partial charge in [0, 0.05) is 23.8 Å². The topological polar surface area (TPSA) is 46.9 Å². The van der Waals surface area contributed by atoms with Gasteiger partial charge in [0.2, 0.25) is 5.91 Å². The summed E-state index contributed by atoms with van der Waals surface area (Å²) in [7, 11) is 1.83. The number of nitrogens with zero attached hydrogens (tertiary/aromatic N) is 2. The van der Waals surface area contributed by atoms with E-state index in [1.807, 2.05) is 37.5 Å². The first-order chi connectivity index (χ1) is 9.10. The Labute approximate surface area is 119 Å². The molecule has 0 unspecified atom stereocenters. The van der Waals surface area contributed by atoms with Gasteiger partial charge in [0.15, 0.2) is 5.82 Å². The number of carbonyl (C=O) groups excluding carboxylic acids is 1. The van der Waals surface area contributed by atoms with E-state index >= 15 is 0 Å². The van der Waals surface area contributed by atoms with Gasteiger partial charge in [0.1, 0.15) is 0 Å². The molecule has 1 aliphatic rings. The van der Waals surface area contributed by atoms with Crippen molar-refractivity contribution in [3.63, 3.8) is 0 Å². The molecule has 1 amide bonds. The maximum Gasteiger partial charge on any atom is 0.236 e. The van der Waals surface area contributed by atoms with E-state index in [9.17, 15) is 4.79 Å². The minimum absolute atomic E-state index is 0.0357. The molecule has 3 rings (SSSR count). The van der Waals surface area contributed by atoms with Crippen LogP contribution in [0, 0.1) is 0 Å². The summed E-state index contributed by atoms with van der Waals surface area (Å²) < 4.78 is 2.70. The van der Waals surface area contributed by atoms with E-state index in [1.54, 1.807) is 10.7 Å². The fraction of sp³-hybridized carbons (Fsp3) is 0.286. The number of nitrogens with one attached hydrogen (secondary N) is 1. The van der Waals surface area contributed by atoms with Crippen LogP contribution in [-0.2, 0) is 17.3 Å². The quantitative estimate of drug-likeness (QED) is 0.945. The zero-order valence-corrected chi connectivity index (χ0v) is 12.1. The Hall–Kier alpha value is -1.62. The van der Waals surface area contributed by atoms with Gasteiger partial charge in [0.25, 0.3) is 0 Å². The monoisotopic (exact) mass is 319 g/mol. The van der Waals surface area contributed by atoms with Crippen LogP contribution in [0.15, 0.2) is 41.0 Å². The van der Waals surface area contributed by atoms with E-state index in [0.29, 0.717) is 5.82 Å². The van der Waals surface area contributed by atoms with Gasteiger partial charge in [-0.15, -0.1) is 0 Å². The normalized spacial score (nSPS) is 16.1. The molecule has 5 heteroatoms. The molecule has 1 heterocycles. The number of amides is 1. The Morgan fingerprint density at radius 3 is 2.53 bits per heavy atom. The molecule has 1 saturated carbocycles. The molecule has 0 bridgehead atoms. The first-order valence-electron chi connectivity index (χ1n) is 6.17. The van der Waals surface area contributed by atoms with Gasteiger partial charge >= 0.3 is 0 Å². The van der Waals surface area contributed by atoms with Crippen LogP contribution in [0.5, 0.6) is 0 Å². The Kier molecular flexibility index (Phi) is 2.93. The molecule has 0 spiro atoms. The van der Waals surface area contributed by atoms with Gasteiger partial charge in [0.05, 0.1) is 5.41 Å². The third-order valence-corrected chi connectivity index (χ3v) is 4.07. The van der Waals surface area contributed by atoms with E-state index < -0.39 is 0 Å². The van der Waals surface area contributed by atoms with Crippen molar-refractivity contribution in [3.8, 4) is 0 Å². The standard InChI is InChI=1S/C14H14BrN3O/c1-18-9-6-12(17-18)16-13(19)14(7-8-14)10-2-4-11(15)5-3-10/h2-6,9H,7-8H2,1H3,(H,16,17,19). The minimum atomic E-state index is -0.363. The van der Waals surface area contributed by atoms with E-state index in [1.165, 1.54) is 0 Å². The average molecular weight is 320 g/mol. The van der Waals surface area contributed by atoms with Crippen LogP contribution in [0.2, 0.25) is 0 Å². The van der Waals surface area contributed by atoms with Crippen LogP contribution < -0.4 is 5.32 Å². The number of carbonyl (C=O) groups is 1. The van der Waals surface area contributed by atoms with Crippen molar-refractivity contribution in [2.45, 2.75) is 18.3 Å². The number of halogens is 1. The Balaban J connectivity index is 1.81. The Morgan fingerprint density at radius 2 is 2.00 bits per heavy atom. The number of rotatable bonds is 3. The zero-order chi connectivity index (χ0) is 13.5. The van der Waals surface area contributed by atoms with Crippen molar-refractivity contribution in [2.24, 2.45) is 7.05 Å². The second-order valence-electron chi connectivity index (χ2n) is 4.92. The molecule has 1 aromatic heterocycles. The number of hydrogen-bond donors (Lipinski definition) is 1. The number of hydrogen-bond acceptors (Lipinski definition) is 2. The summed E-state index contributed by atoms with van der Waals surface area (Å²) >= 11 is 3.41. The summed E-state index contributed by atoms with van der Waals surface area (Å²) in [5.74, 6) is 0.643. The van der Waals surface area contributed by atoms with Gasteiger partial charge < -0.3 is 5.32 Å². The molecule has 0 radical (unpaired) electrons. The lowest BCUT2D eigenvalue weighted by Gasteiger charge is -2.14. The van der Waals surface area contributed by atoms with Gasteiger partial charge in [-0.25, -0.2) is 0 Å². The van der Waals surface area contributed by atoms with E-state index in [0.717, 1.165) is 22.9 Å². The summed E-state index contributed by atoms with van der Waals surface area (Å²) in [4.78, 5) is 12.4. The molecule has 0 saturated heterocycles. The molecular weight excluding hydrogens is 306 g/mol. The molecule has 0 atom stereocenters. The van der Waals surface area contributed by atoms with Crippen LogP contribution in [0.3, 0.4) is 0 Å². The van der Waals surface area contributed by atoms with Crippen molar-refractivity contribution in [1.82, 2.24) is 9.78 Å². The predicted octanol–water partition coefficient (Wildman–Crippen LogP) is 2.85. The van der Waals surface area contributed by atoms with Crippen LogP contribution in [0.4, 0.5) is 5.82 Å². The molecule has 4 nitrogen and oxygen atoms in total. The highest BCUT2D eigenvalue weighted by atomic mass is 79.9. The SMILES string of the molecule is Cn1ccc(NC(=O)C2(c3ccc(Br)cc3)CC2)n1. The summed E-state index contributed by atoms with van der Waals surface area (Å²) in [5.41, 5.74) is 0.710. The summed E-state index contributed by atoms with van der Waals surface area (Å²) in [6, 6.07) is 9.77. The highest BCUT2D eigenvalue weighted by Crippen LogP contribution is 2.49. The molecule has 2 aromatic rings. The molecule has 98 valence electrons. The Morgan fingerprint density at radius 1 is 1.32 bits per heavy atom. The predicted molar refractivity (Wildman–Crippen MR) is 76.9 cm³/mol. The van der Waals surface area contributed by atoms with Crippen LogP contribution in [0.1, 0.15) is 18.4 Å². The molecule has 1 aliphatic carbocycles. The Bertz CT molecular complexity index is 614. The molecule has 1 fully saturated rings. The highest BCUT2D eigenvalue weighted by Gasteiger charge is 2.51. The summed E-state index contributed by atoms with van der Waals surface area (Å²) in [5, 5.41) is 7.07. The second-order valence-corrected chi connectivity index (χ2v) is 5.83. The van der Waals surface area contributed by atoms with Gasteiger partial charge in [-0.1, -0.05) is 28.1 Å². The van der Waals surface area contributed by atoms with Crippen LogP contribution in [-0.4, -0.2) is 15.7 Å². The van der Waals surface area contributed by atoms with Crippen molar-refractivity contribution in [1.29, 1.82) is 0 Å². The maximum absolute atomic E-state index is 12.4. The molecule has 19 heavy (non-hydrogen) atoms. The number of aromatic nitrogens is 2. The fourth-order valence-electron chi connectivity index (χ4n) is 2.26. The van der Waals surface area contributed by atoms with Crippen molar-refractivity contribution in [3.05, 3.63) is 46.6 Å². The lowest BCUT2D eigenvalue weighted by atomic mass is 9.95. The maximum atomic E-state index is 12.4. The third kappa shape index (κ3) is 2.30. The average Bonchev–Trinajstić information content (AvgIpc) is 3.10. The number of anilines is 1. The van der Waals surface area contributed by atoms with Crippen molar-refractivity contribution >= 4 is 27.7 Å². The number of benzene rings is 1. The fourth-order valence-corrected chi connectivity index (χ4v) is 2.52. The second kappa shape index (κ2) is 4.49. The molecule has 0 aliphatic heterocycles. The van der Waals surface area contributed by atoms with Crippen LogP contribution >= 0.6 is 15.9 Å². The third-order valence-electron chi connectivity index (χ3n) is 3.54. The van der Waals surface area contributed by atoms with Crippen molar-refractivity contribution < 1.29 is 4.79 Å². The largest absolute Gasteiger partial charge is 0.308 e. The molecular formula is C14H14BrN3O. The van der Waals surface area contributed by atoms with Crippen LogP contribution in [0.25, 0.3) is 0 Å². The number of aryl methyl sites for hydroxylation is 1. The molecule has 1 N–H and O–H groups in total. The minimum Gasteiger partial charge on any atom is -0.308 e. The van der Waals surface area contributed by atoms with Gasteiger partial charge in [-0.2, -0.15) is 5.10 Å². The first kappa shape index (κ1) is 12.4. The molecule has 1 aromatic carbocycles. The smallest absolute Gasteiger partial charge is 0.236 e. The summed E-state index contributed by atoms with van der Waals surface area (Å²) in [6.07, 6.45) is 3.61. The van der Waals surface area contributed by atoms with Gasteiger partial charge in [-0.3, -0.25) is 9.48 Å². The van der Waals surface area contributed by atoms with Gasteiger partial charge in [-0.05, 0) is 30.5 Å². The van der Waals surface area contributed by atoms with E-state index in [4.69, 9.17) is 0 Å². The van der Waals surface area contributed by atoms with Crippen molar-refractivity contribution in [2.75, 3.05) is 5.32 Å². The lowest BCUT2D eigenvalue weighted by Crippen LogP contribution is -2.28.